The minimum absolute atomic E-state index is 0.365. The van der Waals surface area contributed by atoms with Crippen molar-refractivity contribution in [3.63, 3.8) is 0 Å². The van der Waals surface area contributed by atoms with Gasteiger partial charge in [-0.25, -0.2) is 20.8 Å². The third-order valence-corrected chi connectivity index (χ3v) is 3.50. The molecular formula is C15H30N10O2. The van der Waals surface area contributed by atoms with Crippen LogP contribution in [-0.4, -0.2) is 67.5 Å². The molecule has 0 fully saturated rings. The van der Waals surface area contributed by atoms with Crippen molar-refractivity contribution in [2.45, 2.75) is 59.6 Å². The van der Waals surface area contributed by atoms with Gasteiger partial charge in [-0.1, -0.05) is 0 Å². The molecule has 1 amide bonds. The summed E-state index contributed by atoms with van der Waals surface area (Å²) >= 11 is 0. The van der Waals surface area contributed by atoms with Crippen molar-refractivity contribution in [3.05, 3.63) is 5.82 Å². The van der Waals surface area contributed by atoms with Gasteiger partial charge in [-0.2, -0.15) is 4.80 Å². The maximum atomic E-state index is 12.5. The number of nitrogens with zero attached hydrogens (tertiary/aromatic N) is 7. The molecule has 12 heteroatoms. The van der Waals surface area contributed by atoms with Crippen LogP contribution in [0.1, 0.15) is 46.9 Å². The van der Waals surface area contributed by atoms with E-state index in [0.717, 1.165) is 12.4 Å². The Morgan fingerprint density at radius 1 is 1.26 bits per heavy atom. The fourth-order valence-corrected chi connectivity index (χ4v) is 2.17. The Morgan fingerprint density at radius 2 is 2.04 bits per heavy atom. The van der Waals surface area contributed by atoms with Gasteiger partial charge < -0.3 is 4.74 Å². The second-order valence-electron chi connectivity index (χ2n) is 6.95. The van der Waals surface area contributed by atoms with Crippen LogP contribution in [0.25, 0.3) is 0 Å². The lowest BCUT2D eigenvalue weighted by Crippen LogP contribution is -2.48. The summed E-state index contributed by atoms with van der Waals surface area (Å²) in [5.74, 6) is 1.37. The molecule has 0 bridgehead atoms. The third kappa shape index (κ3) is 6.98. The zero-order valence-corrected chi connectivity index (χ0v) is 16.7. The van der Waals surface area contributed by atoms with Crippen LogP contribution >= 0.6 is 0 Å². The summed E-state index contributed by atoms with van der Waals surface area (Å²) in [6.07, 6.45) is 0.643. The predicted octanol–water partition coefficient (Wildman–Crippen LogP) is 0.0255. The Balaban J connectivity index is 1.87. The first-order valence-corrected chi connectivity index (χ1v) is 9.17. The van der Waals surface area contributed by atoms with Crippen molar-refractivity contribution < 1.29 is 9.53 Å². The monoisotopic (exact) mass is 382 g/mol. The van der Waals surface area contributed by atoms with Crippen molar-refractivity contribution in [2.24, 2.45) is 5.10 Å². The number of hydrogen-bond acceptors (Lipinski definition) is 10. The lowest BCUT2D eigenvalue weighted by Gasteiger charge is -2.27. The molecule has 3 N–H and O–H groups in total. The maximum Gasteiger partial charge on any atom is 0.424 e. The fourth-order valence-electron chi connectivity index (χ4n) is 2.17. The van der Waals surface area contributed by atoms with Crippen molar-refractivity contribution in [3.8, 4) is 0 Å². The summed E-state index contributed by atoms with van der Waals surface area (Å²) in [4.78, 5) is 14.0. The highest BCUT2D eigenvalue weighted by atomic mass is 16.6. The number of nitrogens with one attached hydrogen (secondary N) is 3. The van der Waals surface area contributed by atoms with Gasteiger partial charge in [0.1, 0.15) is 11.4 Å². The number of aromatic nitrogens is 4. The van der Waals surface area contributed by atoms with Gasteiger partial charge >= 0.3 is 6.09 Å². The van der Waals surface area contributed by atoms with Crippen LogP contribution in [0, 0.1) is 0 Å². The minimum atomic E-state index is -0.580. The van der Waals surface area contributed by atoms with Gasteiger partial charge in [0.2, 0.25) is 0 Å². The molecule has 152 valence electrons. The Bertz CT molecular complexity index is 639. The highest BCUT2D eigenvalue weighted by molar-refractivity contribution is 5.82. The van der Waals surface area contributed by atoms with Gasteiger partial charge in [-0.3, -0.25) is 5.43 Å². The van der Waals surface area contributed by atoms with Crippen LogP contribution in [0.5, 0.6) is 0 Å². The number of amidine groups is 1. The normalized spacial score (nSPS) is 14.5. The molecule has 12 nitrogen and oxygen atoms in total. The molecule has 27 heavy (non-hydrogen) atoms. The van der Waals surface area contributed by atoms with Crippen LogP contribution in [0.15, 0.2) is 5.10 Å². The molecule has 2 heterocycles. The summed E-state index contributed by atoms with van der Waals surface area (Å²) in [6.45, 7) is 11.7. The van der Waals surface area contributed by atoms with Gasteiger partial charge in [0, 0.05) is 32.5 Å². The van der Waals surface area contributed by atoms with E-state index in [1.807, 2.05) is 34.6 Å². The number of ether oxygens (including phenoxy) is 1. The van der Waals surface area contributed by atoms with Gasteiger partial charge in [0.15, 0.2) is 5.82 Å². The first kappa shape index (κ1) is 20.8. The SMILES string of the molecule is CCN1NN=C(CCNN(CCc2nnn(CC)n2)C(=O)OC(C)(C)C)N1. The van der Waals surface area contributed by atoms with Crippen molar-refractivity contribution >= 4 is 11.9 Å². The van der Waals surface area contributed by atoms with Crippen LogP contribution in [-0.2, 0) is 17.7 Å². The first-order chi connectivity index (χ1) is 12.8. The zero-order chi connectivity index (χ0) is 19.9. The fraction of sp³-hybridized carbons (Fsp3) is 0.800. The molecule has 1 aromatic heterocycles. The average molecular weight is 382 g/mol. The largest absolute Gasteiger partial charge is 0.443 e. The minimum Gasteiger partial charge on any atom is -0.443 e. The first-order valence-electron chi connectivity index (χ1n) is 9.17. The van der Waals surface area contributed by atoms with E-state index >= 15 is 0 Å². The summed E-state index contributed by atoms with van der Waals surface area (Å²) in [5, 5.41) is 19.5. The van der Waals surface area contributed by atoms with Crippen molar-refractivity contribution in [1.82, 2.24) is 46.7 Å². The van der Waals surface area contributed by atoms with Crippen molar-refractivity contribution in [2.75, 3.05) is 19.6 Å². The number of tetrazole rings is 1. The Morgan fingerprint density at radius 3 is 2.63 bits per heavy atom. The number of rotatable bonds is 9. The van der Waals surface area contributed by atoms with E-state index in [0.29, 0.717) is 38.3 Å². The average Bonchev–Trinajstić information content (AvgIpc) is 3.25. The number of amides is 1. The quantitative estimate of drug-likeness (QED) is 0.507. The topological polar surface area (TPSA) is 125 Å². The van der Waals surface area contributed by atoms with Crippen LogP contribution < -0.4 is 16.4 Å². The third-order valence-electron chi connectivity index (χ3n) is 3.50. The van der Waals surface area contributed by atoms with Crippen molar-refractivity contribution in [1.29, 1.82) is 0 Å². The summed E-state index contributed by atoms with van der Waals surface area (Å²) in [7, 11) is 0. The molecule has 1 aromatic rings. The van der Waals surface area contributed by atoms with Gasteiger partial charge in [-0.05, 0) is 39.8 Å². The zero-order valence-electron chi connectivity index (χ0n) is 16.7. The summed E-state index contributed by atoms with van der Waals surface area (Å²) < 4.78 is 5.47. The van der Waals surface area contributed by atoms with E-state index < -0.39 is 11.7 Å². The van der Waals surface area contributed by atoms with Gasteiger partial charge in [0.25, 0.3) is 0 Å². The highest BCUT2D eigenvalue weighted by Crippen LogP contribution is 2.09. The molecule has 2 rings (SSSR count). The Kier molecular flexibility index (Phi) is 7.30. The van der Waals surface area contributed by atoms with Crippen LogP contribution in [0.2, 0.25) is 0 Å². The second-order valence-corrected chi connectivity index (χ2v) is 6.95. The van der Waals surface area contributed by atoms with E-state index in [4.69, 9.17) is 4.74 Å². The van der Waals surface area contributed by atoms with Gasteiger partial charge in [0.05, 0.1) is 6.54 Å². The molecule has 0 unspecified atom stereocenters. The smallest absolute Gasteiger partial charge is 0.424 e. The second kappa shape index (κ2) is 9.46. The molecule has 0 saturated carbocycles. The Hall–Kier alpha value is -2.47. The van der Waals surface area contributed by atoms with E-state index in [1.165, 1.54) is 9.81 Å². The lowest BCUT2D eigenvalue weighted by molar-refractivity contribution is 0.0141. The molecule has 1 aliphatic rings. The summed E-state index contributed by atoms with van der Waals surface area (Å²) in [6, 6.07) is 0. The standard InChI is InChI=1S/C15H30N10O2/c1-6-24-19-12(17-21-24)8-10-16-23(14(26)27-15(3,4)5)11-9-13-18-22-25(7-2)20-13/h16,21H,6-11H2,1-5H3,(H,17,19). The van der Waals surface area contributed by atoms with Crippen LogP contribution in [0.3, 0.4) is 0 Å². The number of carbonyl (C=O) groups excluding carboxylic acids is 1. The molecule has 0 radical (unpaired) electrons. The maximum absolute atomic E-state index is 12.5. The number of carbonyl (C=O) groups is 1. The van der Waals surface area contributed by atoms with E-state index in [1.54, 1.807) is 5.12 Å². The highest BCUT2D eigenvalue weighted by Gasteiger charge is 2.23. The van der Waals surface area contributed by atoms with Crippen LogP contribution in [0.4, 0.5) is 4.79 Å². The Labute approximate surface area is 159 Å². The van der Waals surface area contributed by atoms with Gasteiger partial charge in [-0.15, -0.1) is 20.4 Å². The molecule has 0 saturated heterocycles. The van der Waals surface area contributed by atoms with E-state index in [-0.39, 0.29) is 0 Å². The molecule has 0 aliphatic carbocycles. The molecule has 0 atom stereocenters. The van der Waals surface area contributed by atoms with E-state index in [9.17, 15) is 4.79 Å². The molecule has 0 aromatic carbocycles. The van der Waals surface area contributed by atoms with E-state index in [2.05, 4.69) is 36.9 Å². The molecule has 0 spiro atoms. The number of aryl methyl sites for hydroxylation is 1. The predicted molar refractivity (Wildman–Crippen MR) is 98.8 cm³/mol. The number of hydrazone groups is 1. The molecular weight excluding hydrogens is 352 g/mol. The number of hydrogen-bond donors (Lipinski definition) is 3. The lowest BCUT2D eigenvalue weighted by atomic mass is 10.2. The molecule has 1 aliphatic heterocycles. The summed E-state index contributed by atoms with van der Waals surface area (Å²) in [5.41, 5.74) is 8.49. The number of hydrazine groups is 3.